The summed E-state index contributed by atoms with van der Waals surface area (Å²) in [5.74, 6) is 2.41. The highest BCUT2D eigenvalue weighted by Gasteiger charge is 2.49. The van der Waals surface area contributed by atoms with Crippen LogP contribution >= 0.6 is 0 Å². The molecule has 7 heteroatoms. The number of aryl methyl sites for hydroxylation is 1. The fourth-order valence-electron chi connectivity index (χ4n) is 5.45. The SMILES string of the molecule is Cc1ccc(N2C[C@H]3C[C@@H](C2)[C@H](CNC(=O)CC(C)C)N2C(=O)CCC[C@@H]32)nn1. The van der Waals surface area contributed by atoms with E-state index < -0.39 is 0 Å². The minimum Gasteiger partial charge on any atom is -0.354 e. The van der Waals surface area contributed by atoms with Crippen molar-refractivity contribution in [1.29, 1.82) is 0 Å². The molecule has 4 heterocycles. The van der Waals surface area contributed by atoms with E-state index in [9.17, 15) is 9.59 Å². The molecule has 2 bridgehead atoms. The normalized spacial score (nSPS) is 29.0. The Hall–Kier alpha value is -2.18. The Morgan fingerprint density at radius 1 is 1.24 bits per heavy atom. The number of piperidine rings is 3. The number of hydrogen-bond donors (Lipinski definition) is 1. The largest absolute Gasteiger partial charge is 0.354 e. The number of aromatic nitrogens is 2. The average Bonchev–Trinajstić information content (AvgIpc) is 2.68. The maximum atomic E-state index is 12.9. The minimum absolute atomic E-state index is 0.0707. The lowest BCUT2D eigenvalue weighted by Crippen LogP contribution is -2.67. The van der Waals surface area contributed by atoms with Gasteiger partial charge in [-0.3, -0.25) is 9.59 Å². The van der Waals surface area contributed by atoms with Gasteiger partial charge in [-0.15, -0.1) is 5.10 Å². The predicted octanol–water partition coefficient (Wildman–Crippen LogP) is 2.15. The minimum atomic E-state index is 0.0707. The van der Waals surface area contributed by atoms with E-state index in [2.05, 4.69) is 39.2 Å². The van der Waals surface area contributed by atoms with Gasteiger partial charge in [0.15, 0.2) is 5.82 Å². The van der Waals surface area contributed by atoms with Crippen molar-refractivity contribution in [2.75, 3.05) is 24.5 Å². The molecule has 3 aliphatic rings. The number of nitrogens with zero attached hydrogens (tertiary/aromatic N) is 4. The highest BCUT2D eigenvalue weighted by molar-refractivity contribution is 5.79. The predicted molar refractivity (Wildman–Crippen MR) is 111 cm³/mol. The van der Waals surface area contributed by atoms with Gasteiger partial charge in [0.2, 0.25) is 11.8 Å². The molecule has 0 saturated carbocycles. The molecule has 0 radical (unpaired) electrons. The van der Waals surface area contributed by atoms with E-state index in [-0.39, 0.29) is 23.9 Å². The summed E-state index contributed by atoms with van der Waals surface area (Å²) < 4.78 is 0. The van der Waals surface area contributed by atoms with E-state index in [1.54, 1.807) is 0 Å². The number of fused-ring (bicyclic) bond motifs is 4. The molecule has 158 valence electrons. The molecule has 3 aliphatic heterocycles. The van der Waals surface area contributed by atoms with Gasteiger partial charge in [-0.2, -0.15) is 5.10 Å². The number of nitrogens with one attached hydrogen (secondary N) is 1. The van der Waals surface area contributed by atoms with Crippen molar-refractivity contribution in [2.45, 2.75) is 65.0 Å². The fraction of sp³-hybridized carbons (Fsp3) is 0.727. The summed E-state index contributed by atoms with van der Waals surface area (Å²) in [4.78, 5) is 29.6. The van der Waals surface area contributed by atoms with Crippen LogP contribution < -0.4 is 10.2 Å². The number of hydrogen-bond acceptors (Lipinski definition) is 5. The molecule has 1 aromatic heterocycles. The molecule has 1 N–H and O–H groups in total. The van der Waals surface area contributed by atoms with Gasteiger partial charge in [-0.1, -0.05) is 13.8 Å². The van der Waals surface area contributed by atoms with E-state index >= 15 is 0 Å². The Morgan fingerprint density at radius 2 is 2.03 bits per heavy atom. The van der Waals surface area contributed by atoms with Gasteiger partial charge < -0.3 is 15.1 Å². The van der Waals surface area contributed by atoms with Crippen molar-refractivity contribution >= 4 is 17.6 Å². The third-order valence-corrected chi connectivity index (χ3v) is 6.71. The number of rotatable bonds is 5. The van der Waals surface area contributed by atoms with Crippen LogP contribution in [0.1, 0.15) is 51.6 Å². The van der Waals surface area contributed by atoms with E-state index in [0.717, 1.165) is 43.9 Å². The number of carbonyl (C=O) groups is 2. The Morgan fingerprint density at radius 3 is 2.76 bits per heavy atom. The number of carbonyl (C=O) groups excluding carboxylic acids is 2. The van der Waals surface area contributed by atoms with E-state index in [4.69, 9.17) is 0 Å². The van der Waals surface area contributed by atoms with Crippen LogP contribution in [0.4, 0.5) is 5.82 Å². The highest BCUT2D eigenvalue weighted by atomic mass is 16.2. The molecule has 0 aromatic carbocycles. The van der Waals surface area contributed by atoms with E-state index in [0.29, 0.717) is 37.1 Å². The first-order chi connectivity index (χ1) is 13.9. The molecule has 3 saturated heterocycles. The highest BCUT2D eigenvalue weighted by Crippen LogP contribution is 2.42. The van der Waals surface area contributed by atoms with Gasteiger partial charge >= 0.3 is 0 Å². The third kappa shape index (κ3) is 4.23. The Balaban J connectivity index is 1.54. The van der Waals surface area contributed by atoms with Crippen LogP contribution in [0, 0.1) is 24.7 Å². The lowest BCUT2D eigenvalue weighted by molar-refractivity contribution is -0.149. The Kier molecular flexibility index (Phi) is 5.74. The van der Waals surface area contributed by atoms with Crippen LogP contribution in [0.15, 0.2) is 12.1 Å². The Bertz CT molecular complexity index is 750. The second kappa shape index (κ2) is 8.28. The molecule has 2 amide bonds. The van der Waals surface area contributed by atoms with Gasteiger partial charge in [0.1, 0.15) is 0 Å². The van der Waals surface area contributed by atoms with Crippen molar-refractivity contribution in [3.63, 3.8) is 0 Å². The standard InChI is InChI=1S/C22H33N5O2/c1-14(2)9-21(28)23-11-19-17-10-16(18-5-4-6-22(29)27(18)19)12-26(13-17)20-8-7-15(3)24-25-20/h7-8,14,16-19H,4-6,9-13H2,1-3H3,(H,23,28)/t16-,17+,18+,19+/m1/s1. The zero-order valence-electron chi connectivity index (χ0n) is 17.8. The zero-order valence-corrected chi connectivity index (χ0v) is 17.8. The van der Waals surface area contributed by atoms with Crippen molar-refractivity contribution in [1.82, 2.24) is 20.4 Å². The number of amides is 2. The first-order valence-corrected chi connectivity index (χ1v) is 11.1. The second-order valence-electron chi connectivity index (χ2n) is 9.42. The van der Waals surface area contributed by atoms with Crippen LogP contribution in [0.5, 0.6) is 0 Å². The quantitative estimate of drug-likeness (QED) is 0.821. The van der Waals surface area contributed by atoms with Crippen molar-refractivity contribution in [3.05, 3.63) is 17.8 Å². The maximum Gasteiger partial charge on any atom is 0.223 e. The molecular weight excluding hydrogens is 366 g/mol. The molecule has 3 fully saturated rings. The number of anilines is 1. The topological polar surface area (TPSA) is 78.4 Å². The Labute approximate surface area is 173 Å². The van der Waals surface area contributed by atoms with Gasteiger partial charge in [-0.25, -0.2) is 0 Å². The summed E-state index contributed by atoms with van der Waals surface area (Å²) in [6, 6.07) is 4.40. The molecule has 7 nitrogen and oxygen atoms in total. The van der Waals surface area contributed by atoms with Crippen molar-refractivity contribution in [2.24, 2.45) is 17.8 Å². The second-order valence-corrected chi connectivity index (χ2v) is 9.42. The molecule has 4 rings (SSSR count). The summed E-state index contributed by atoms with van der Waals surface area (Å²) in [5.41, 5.74) is 0.917. The summed E-state index contributed by atoms with van der Waals surface area (Å²) in [6.07, 6.45) is 4.32. The van der Waals surface area contributed by atoms with Crippen LogP contribution in [-0.4, -0.2) is 58.6 Å². The van der Waals surface area contributed by atoms with Crippen molar-refractivity contribution < 1.29 is 9.59 Å². The fourth-order valence-corrected chi connectivity index (χ4v) is 5.45. The molecule has 1 aromatic rings. The van der Waals surface area contributed by atoms with E-state index in [1.165, 1.54) is 0 Å². The summed E-state index contributed by atoms with van der Waals surface area (Å²) in [5, 5.41) is 11.8. The van der Waals surface area contributed by atoms with Crippen LogP contribution in [0.25, 0.3) is 0 Å². The molecule has 0 unspecified atom stereocenters. The smallest absolute Gasteiger partial charge is 0.223 e. The van der Waals surface area contributed by atoms with Crippen molar-refractivity contribution in [3.8, 4) is 0 Å². The van der Waals surface area contributed by atoms with Gasteiger partial charge in [0.25, 0.3) is 0 Å². The van der Waals surface area contributed by atoms with Gasteiger partial charge in [-0.05, 0) is 56.1 Å². The van der Waals surface area contributed by atoms with Crippen LogP contribution in [-0.2, 0) is 9.59 Å². The summed E-state index contributed by atoms with van der Waals surface area (Å²) in [6.45, 7) is 8.39. The molecule has 29 heavy (non-hydrogen) atoms. The molecule has 4 atom stereocenters. The summed E-state index contributed by atoms with van der Waals surface area (Å²) in [7, 11) is 0. The first kappa shape index (κ1) is 20.1. The molecule has 0 aliphatic carbocycles. The monoisotopic (exact) mass is 399 g/mol. The zero-order chi connectivity index (χ0) is 20.5. The third-order valence-electron chi connectivity index (χ3n) is 6.71. The maximum absolute atomic E-state index is 12.9. The molecular formula is C22H33N5O2. The molecule has 0 spiro atoms. The van der Waals surface area contributed by atoms with Gasteiger partial charge in [0, 0.05) is 38.5 Å². The van der Waals surface area contributed by atoms with Crippen LogP contribution in [0.3, 0.4) is 0 Å². The summed E-state index contributed by atoms with van der Waals surface area (Å²) >= 11 is 0. The van der Waals surface area contributed by atoms with Gasteiger partial charge in [0.05, 0.1) is 11.7 Å². The average molecular weight is 400 g/mol. The lowest BCUT2D eigenvalue weighted by Gasteiger charge is -2.56. The van der Waals surface area contributed by atoms with Crippen LogP contribution in [0.2, 0.25) is 0 Å². The lowest BCUT2D eigenvalue weighted by atomic mass is 9.72. The van der Waals surface area contributed by atoms with E-state index in [1.807, 2.05) is 19.1 Å². The first-order valence-electron chi connectivity index (χ1n) is 11.1.